The lowest BCUT2D eigenvalue weighted by atomic mass is 10.1. The second kappa shape index (κ2) is 12.7. The smallest absolute Gasteiger partial charge is 0.256 e. The SMILES string of the molecule is CC(O)C(CO)OC(C(O)Cn1cc(-c2cccc(F)c2)nn1)N(CCO)C(=O)c1ccc(F)c(F)c1. The zero-order valence-corrected chi connectivity index (χ0v) is 19.8. The first-order chi connectivity index (χ1) is 17.6. The van der Waals surface area contributed by atoms with E-state index in [0.29, 0.717) is 17.3 Å². The van der Waals surface area contributed by atoms with Crippen molar-refractivity contribution in [2.45, 2.75) is 38.0 Å². The molecule has 200 valence electrons. The van der Waals surface area contributed by atoms with Gasteiger partial charge in [-0.15, -0.1) is 5.10 Å². The lowest BCUT2D eigenvalue weighted by Gasteiger charge is -2.37. The normalized spacial score (nSPS) is 14.7. The molecule has 0 radical (unpaired) electrons. The number of carbonyl (C=O) groups is 1. The van der Waals surface area contributed by atoms with E-state index in [1.807, 2.05) is 0 Å². The van der Waals surface area contributed by atoms with Gasteiger partial charge in [-0.2, -0.15) is 0 Å². The largest absolute Gasteiger partial charge is 0.395 e. The summed E-state index contributed by atoms with van der Waals surface area (Å²) in [7, 11) is 0. The van der Waals surface area contributed by atoms with Crippen molar-refractivity contribution in [1.29, 1.82) is 0 Å². The molecule has 0 spiro atoms. The van der Waals surface area contributed by atoms with Crippen LogP contribution in [0.25, 0.3) is 11.3 Å². The molecule has 10 nitrogen and oxygen atoms in total. The van der Waals surface area contributed by atoms with E-state index in [-0.39, 0.29) is 12.1 Å². The molecule has 1 aromatic heterocycles. The average molecular weight is 524 g/mol. The average Bonchev–Trinajstić information content (AvgIpc) is 3.33. The molecule has 0 aliphatic rings. The minimum Gasteiger partial charge on any atom is -0.395 e. The predicted octanol–water partition coefficient (Wildman–Crippen LogP) is 0.942. The summed E-state index contributed by atoms with van der Waals surface area (Å²) in [5, 5.41) is 48.1. The van der Waals surface area contributed by atoms with Gasteiger partial charge in [0.05, 0.1) is 32.1 Å². The summed E-state index contributed by atoms with van der Waals surface area (Å²) in [6.45, 7) is -0.671. The molecule has 13 heteroatoms. The van der Waals surface area contributed by atoms with Gasteiger partial charge in [-0.3, -0.25) is 4.79 Å². The number of hydrogen-bond acceptors (Lipinski definition) is 8. The molecule has 4 atom stereocenters. The van der Waals surface area contributed by atoms with Crippen LogP contribution in [0.15, 0.2) is 48.7 Å². The van der Waals surface area contributed by atoms with Gasteiger partial charge in [0.2, 0.25) is 0 Å². The van der Waals surface area contributed by atoms with Gasteiger partial charge < -0.3 is 30.1 Å². The van der Waals surface area contributed by atoms with E-state index in [4.69, 9.17) is 4.74 Å². The minimum atomic E-state index is -1.58. The Balaban J connectivity index is 1.91. The van der Waals surface area contributed by atoms with Crippen molar-refractivity contribution in [2.24, 2.45) is 0 Å². The molecule has 2 aromatic carbocycles. The van der Waals surface area contributed by atoms with Crippen LogP contribution < -0.4 is 0 Å². The zero-order chi connectivity index (χ0) is 27.1. The number of amides is 1. The van der Waals surface area contributed by atoms with Gasteiger partial charge in [0, 0.05) is 17.7 Å². The summed E-state index contributed by atoms with van der Waals surface area (Å²) < 4.78 is 47.6. The molecule has 4 unspecified atom stereocenters. The highest BCUT2D eigenvalue weighted by molar-refractivity contribution is 5.94. The fourth-order valence-electron chi connectivity index (χ4n) is 3.56. The van der Waals surface area contributed by atoms with Crippen molar-refractivity contribution >= 4 is 5.91 Å². The predicted molar refractivity (Wildman–Crippen MR) is 123 cm³/mol. The summed E-state index contributed by atoms with van der Waals surface area (Å²) in [6, 6.07) is 8.04. The summed E-state index contributed by atoms with van der Waals surface area (Å²) in [5.41, 5.74) is 0.435. The molecule has 4 N–H and O–H groups in total. The van der Waals surface area contributed by atoms with Gasteiger partial charge in [0.1, 0.15) is 23.7 Å². The second-order valence-electron chi connectivity index (χ2n) is 8.24. The van der Waals surface area contributed by atoms with Crippen LogP contribution >= 0.6 is 0 Å². The first-order valence-electron chi connectivity index (χ1n) is 11.3. The Hall–Kier alpha value is -3.36. The first kappa shape index (κ1) is 28.2. The molecule has 0 aliphatic heterocycles. The van der Waals surface area contributed by atoms with Crippen molar-refractivity contribution in [1.82, 2.24) is 19.9 Å². The summed E-state index contributed by atoms with van der Waals surface area (Å²) in [5.74, 6) is -3.85. The van der Waals surface area contributed by atoms with Gasteiger partial charge in [0.25, 0.3) is 5.91 Å². The molecular weight excluding hydrogens is 497 g/mol. The van der Waals surface area contributed by atoms with E-state index in [2.05, 4.69) is 10.3 Å². The monoisotopic (exact) mass is 524 g/mol. The van der Waals surface area contributed by atoms with Crippen molar-refractivity contribution in [3.63, 3.8) is 0 Å². The van der Waals surface area contributed by atoms with Crippen LogP contribution in [0.3, 0.4) is 0 Å². The molecule has 0 saturated heterocycles. The highest BCUT2D eigenvalue weighted by Crippen LogP contribution is 2.20. The molecule has 0 saturated carbocycles. The Morgan fingerprint density at radius 1 is 1.11 bits per heavy atom. The molecule has 0 bridgehead atoms. The van der Waals surface area contributed by atoms with Crippen LogP contribution in [-0.2, 0) is 11.3 Å². The van der Waals surface area contributed by atoms with Crippen molar-refractivity contribution < 1.29 is 43.1 Å². The van der Waals surface area contributed by atoms with Gasteiger partial charge in [-0.25, -0.2) is 17.9 Å². The van der Waals surface area contributed by atoms with Gasteiger partial charge >= 0.3 is 0 Å². The third kappa shape index (κ3) is 7.11. The molecule has 37 heavy (non-hydrogen) atoms. The molecule has 3 aromatic rings. The van der Waals surface area contributed by atoms with Crippen LogP contribution in [0.2, 0.25) is 0 Å². The maximum absolute atomic E-state index is 13.8. The summed E-state index contributed by atoms with van der Waals surface area (Å²) >= 11 is 0. The molecule has 1 amide bonds. The number of halogens is 3. The van der Waals surface area contributed by atoms with Gasteiger partial charge in [-0.05, 0) is 37.3 Å². The lowest BCUT2D eigenvalue weighted by Crippen LogP contribution is -2.54. The number of nitrogens with zero attached hydrogens (tertiary/aromatic N) is 4. The van der Waals surface area contributed by atoms with Crippen LogP contribution in [0.4, 0.5) is 13.2 Å². The van der Waals surface area contributed by atoms with Gasteiger partial charge in [-0.1, -0.05) is 17.3 Å². The number of carbonyl (C=O) groups excluding carboxylic acids is 1. The maximum Gasteiger partial charge on any atom is 0.256 e. The molecule has 0 aliphatic carbocycles. The highest BCUT2D eigenvalue weighted by atomic mass is 19.2. The topological polar surface area (TPSA) is 141 Å². The fourth-order valence-corrected chi connectivity index (χ4v) is 3.56. The molecular formula is C24H27F3N4O6. The molecule has 0 fully saturated rings. The quantitative estimate of drug-likeness (QED) is 0.257. The maximum atomic E-state index is 13.8. The van der Waals surface area contributed by atoms with Crippen molar-refractivity contribution in [2.75, 3.05) is 19.8 Å². The Kier molecular flexibility index (Phi) is 9.72. The lowest BCUT2D eigenvalue weighted by molar-refractivity contribution is -0.176. The number of rotatable bonds is 12. The fraction of sp³-hybridized carbons (Fsp3) is 0.375. The van der Waals surface area contributed by atoms with Crippen LogP contribution in [-0.4, -0.2) is 90.5 Å². The second-order valence-corrected chi connectivity index (χ2v) is 8.24. The number of aliphatic hydroxyl groups excluding tert-OH is 4. The molecule has 1 heterocycles. The van der Waals surface area contributed by atoms with Gasteiger partial charge in [0.15, 0.2) is 17.9 Å². The van der Waals surface area contributed by atoms with E-state index in [9.17, 15) is 38.4 Å². The van der Waals surface area contributed by atoms with Crippen LogP contribution in [0.1, 0.15) is 17.3 Å². The van der Waals surface area contributed by atoms with Crippen molar-refractivity contribution in [3.05, 3.63) is 71.7 Å². The van der Waals surface area contributed by atoms with Crippen LogP contribution in [0, 0.1) is 17.5 Å². The third-order valence-corrected chi connectivity index (χ3v) is 5.47. The Labute approximate surface area is 210 Å². The van der Waals surface area contributed by atoms with Crippen LogP contribution in [0.5, 0.6) is 0 Å². The standard InChI is InChI=1S/C24H27F3N4O6/c1-14(34)22(13-33)37-24(31(7-8-32)23(36)16-5-6-18(26)19(27)10-16)21(35)12-30-11-20(28-29-30)15-3-2-4-17(25)9-15/h2-6,9-11,14,21-22,24,32-35H,7-8,12-13H2,1H3. The number of aromatic nitrogens is 3. The summed E-state index contributed by atoms with van der Waals surface area (Å²) in [4.78, 5) is 14.1. The van der Waals surface area contributed by atoms with E-state index >= 15 is 0 Å². The minimum absolute atomic E-state index is 0.292. The Morgan fingerprint density at radius 3 is 2.49 bits per heavy atom. The Bertz CT molecular complexity index is 1190. The number of aliphatic hydroxyl groups is 4. The Morgan fingerprint density at radius 2 is 1.86 bits per heavy atom. The number of ether oxygens (including phenoxy) is 1. The first-order valence-corrected chi connectivity index (χ1v) is 11.3. The number of benzene rings is 2. The molecule has 3 rings (SSSR count). The highest BCUT2D eigenvalue weighted by Gasteiger charge is 2.35. The third-order valence-electron chi connectivity index (χ3n) is 5.47. The zero-order valence-electron chi connectivity index (χ0n) is 19.8. The summed E-state index contributed by atoms with van der Waals surface area (Å²) in [6.07, 6.45) is -4.21. The van der Waals surface area contributed by atoms with E-state index in [1.54, 1.807) is 6.07 Å². The number of hydrogen-bond donors (Lipinski definition) is 4. The van der Waals surface area contributed by atoms with E-state index in [0.717, 1.165) is 17.0 Å². The van der Waals surface area contributed by atoms with Crippen molar-refractivity contribution in [3.8, 4) is 11.3 Å². The van der Waals surface area contributed by atoms with E-state index in [1.165, 1.54) is 36.0 Å². The van der Waals surface area contributed by atoms with E-state index < -0.39 is 67.7 Å².